The minimum absolute atomic E-state index is 0.0172. The van der Waals surface area contributed by atoms with Gasteiger partial charge in [0.05, 0.1) is 16.8 Å². The van der Waals surface area contributed by atoms with Crippen molar-refractivity contribution in [2.45, 2.75) is 38.0 Å². The Bertz CT molecular complexity index is 396. The largest absolute Gasteiger partial charge is 0.229 e. The van der Waals surface area contributed by atoms with E-state index in [0.717, 1.165) is 0 Å². The Hall–Kier alpha value is -0.140. The van der Waals surface area contributed by atoms with Gasteiger partial charge in [-0.1, -0.05) is 0 Å². The number of sulfone groups is 1. The van der Waals surface area contributed by atoms with E-state index < -0.39 is 25.1 Å². The molecular formula is C8H17NO4S2. The molecule has 0 aromatic heterocycles. The average molecular weight is 255 g/mol. The second-order valence-electron chi connectivity index (χ2n) is 4.17. The van der Waals surface area contributed by atoms with E-state index in [-0.39, 0.29) is 30.4 Å². The summed E-state index contributed by atoms with van der Waals surface area (Å²) in [7, 11) is -6.34. The van der Waals surface area contributed by atoms with Crippen molar-refractivity contribution in [1.29, 1.82) is 0 Å². The van der Waals surface area contributed by atoms with E-state index >= 15 is 0 Å². The lowest BCUT2D eigenvalue weighted by atomic mass is 10.2. The zero-order chi connectivity index (χ0) is 11.7. The number of hydrogen-bond donors (Lipinski definition) is 1. The highest BCUT2D eigenvalue weighted by Gasteiger charge is 2.32. The van der Waals surface area contributed by atoms with Gasteiger partial charge in [0.1, 0.15) is 9.84 Å². The first-order valence-electron chi connectivity index (χ1n) is 4.94. The molecule has 1 aliphatic heterocycles. The number of nitrogens with one attached hydrogen (secondary N) is 1. The lowest BCUT2D eigenvalue weighted by Gasteiger charge is -2.23. The third kappa shape index (κ3) is 3.73. The highest BCUT2D eigenvalue weighted by molar-refractivity contribution is 7.92. The van der Waals surface area contributed by atoms with Crippen LogP contribution in [0.4, 0.5) is 0 Å². The highest BCUT2D eigenvalue weighted by Crippen LogP contribution is 2.18. The van der Waals surface area contributed by atoms with Gasteiger partial charge in [0.15, 0.2) is 0 Å². The van der Waals surface area contributed by atoms with Crippen molar-refractivity contribution in [2.24, 2.45) is 0 Å². The molecule has 0 spiro atoms. The van der Waals surface area contributed by atoms with E-state index in [1.165, 1.54) is 0 Å². The van der Waals surface area contributed by atoms with Crippen molar-refractivity contribution in [2.75, 3.05) is 11.5 Å². The predicted octanol–water partition coefficient (Wildman–Crippen LogP) is -0.109. The summed E-state index contributed by atoms with van der Waals surface area (Å²) in [4.78, 5) is 0. The molecule has 0 aromatic rings. The second-order valence-corrected chi connectivity index (χ2v) is 8.46. The molecule has 0 radical (unpaired) electrons. The summed E-state index contributed by atoms with van der Waals surface area (Å²) >= 11 is 0. The Morgan fingerprint density at radius 2 is 1.67 bits per heavy atom. The third-order valence-corrected chi connectivity index (χ3v) is 6.20. The van der Waals surface area contributed by atoms with Crippen molar-refractivity contribution in [3.63, 3.8) is 0 Å². The maximum absolute atomic E-state index is 11.7. The second kappa shape index (κ2) is 4.39. The predicted molar refractivity (Wildman–Crippen MR) is 58.9 cm³/mol. The molecule has 0 atom stereocenters. The Labute approximate surface area is 91.2 Å². The molecule has 1 N–H and O–H groups in total. The topological polar surface area (TPSA) is 80.3 Å². The van der Waals surface area contributed by atoms with Gasteiger partial charge in [0.2, 0.25) is 10.0 Å². The van der Waals surface area contributed by atoms with Crippen molar-refractivity contribution in [3.8, 4) is 0 Å². The summed E-state index contributed by atoms with van der Waals surface area (Å²) in [6.45, 7) is 3.49. The van der Waals surface area contributed by atoms with Gasteiger partial charge in [0.25, 0.3) is 0 Å². The van der Waals surface area contributed by atoms with Crippen LogP contribution in [0.5, 0.6) is 0 Å². The fourth-order valence-corrected chi connectivity index (χ4v) is 5.10. The summed E-state index contributed by atoms with van der Waals surface area (Å²) in [5.74, 6) is -0.0344. The molecule has 1 rings (SSSR count). The fourth-order valence-electron chi connectivity index (χ4n) is 1.60. The first-order valence-corrected chi connectivity index (χ1v) is 8.31. The van der Waals surface area contributed by atoms with Crippen LogP contribution in [0.15, 0.2) is 0 Å². The summed E-state index contributed by atoms with van der Waals surface area (Å²) in [6.07, 6.45) is 0.425. The van der Waals surface area contributed by atoms with Gasteiger partial charge in [-0.15, -0.1) is 0 Å². The summed E-state index contributed by atoms with van der Waals surface area (Å²) in [5.41, 5.74) is 0. The van der Waals surface area contributed by atoms with E-state index in [0.29, 0.717) is 0 Å². The first kappa shape index (κ1) is 12.9. The lowest BCUT2D eigenvalue weighted by molar-refractivity contribution is 0.535. The molecule has 1 fully saturated rings. The van der Waals surface area contributed by atoms with Crippen LogP contribution in [0, 0.1) is 0 Å². The Morgan fingerprint density at radius 3 is 2.07 bits per heavy atom. The molecular weight excluding hydrogens is 238 g/mol. The van der Waals surface area contributed by atoms with Crippen LogP contribution in [0.3, 0.4) is 0 Å². The summed E-state index contributed by atoms with van der Waals surface area (Å²) in [6, 6.07) is -0.145. The van der Waals surface area contributed by atoms with Gasteiger partial charge >= 0.3 is 0 Å². The van der Waals surface area contributed by atoms with Crippen LogP contribution < -0.4 is 4.72 Å². The SMILES string of the molecule is CC(C)NS(=O)(=O)C1CCS(=O)(=O)CC1. The zero-order valence-electron chi connectivity index (χ0n) is 8.93. The molecule has 1 heterocycles. The molecule has 0 aromatic carbocycles. The van der Waals surface area contributed by atoms with Crippen LogP contribution in [0.25, 0.3) is 0 Å². The monoisotopic (exact) mass is 255 g/mol. The van der Waals surface area contributed by atoms with Gasteiger partial charge in [0, 0.05) is 6.04 Å². The van der Waals surface area contributed by atoms with E-state index in [1.54, 1.807) is 13.8 Å². The molecule has 7 heteroatoms. The fraction of sp³-hybridized carbons (Fsp3) is 1.00. The maximum atomic E-state index is 11.7. The highest BCUT2D eigenvalue weighted by atomic mass is 32.2. The number of rotatable bonds is 3. The maximum Gasteiger partial charge on any atom is 0.214 e. The zero-order valence-corrected chi connectivity index (χ0v) is 10.6. The molecule has 5 nitrogen and oxygen atoms in total. The number of sulfonamides is 1. The van der Waals surface area contributed by atoms with Crippen molar-refractivity contribution in [3.05, 3.63) is 0 Å². The van der Waals surface area contributed by atoms with Gasteiger partial charge in [-0.05, 0) is 26.7 Å². The van der Waals surface area contributed by atoms with Gasteiger partial charge in [-0.3, -0.25) is 0 Å². The third-order valence-electron chi connectivity index (χ3n) is 2.34. The van der Waals surface area contributed by atoms with Crippen LogP contribution in [0.2, 0.25) is 0 Å². The molecule has 90 valence electrons. The van der Waals surface area contributed by atoms with E-state index in [2.05, 4.69) is 4.72 Å². The van der Waals surface area contributed by atoms with Gasteiger partial charge < -0.3 is 0 Å². The van der Waals surface area contributed by atoms with Crippen LogP contribution in [-0.2, 0) is 19.9 Å². The van der Waals surface area contributed by atoms with Gasteiger partial charge in [-0.25, -0.2) is 21.6 Å². The first-order chi connectivity index (χ1) is 6.73. The Kier molecular flexibility index (Phi) is 3.78. The Balaban J connectivity index is 2.68. The molecule has 0 amide bonds. The lowest BCUT2D eigenvalue weighted by Crippen LogP contribution is -2.42. The summed E-state index contributed by atoms with van der Waals surface area (Å²) < 4.78 is 48.2. The average Bonchev–Trinajstić information content (AvgIpc) is 2.00. The van der Waals surface area contributed by atoms with E-state index in [9.17, 15) is 16.8 Å². The molecule has 0 bridgehead atoms. The van der Waals surface area contributed by atoms with Crippen molar-refractivity contribution >= 4 is 19.9 Å². The molecule has 0 aliphatic carbocycles. The minimum Gasteiger partial charge on any atom is -0.229 e. The molecule has 1 saturated heterocycles. The smallest absolute Gasteiger partial charge is 0.214 e. The number of hydrogen-bond acceptors (Lipinski definition) is 4. The summed E-state index contributed by atoms with van der Waals surface area (Å²) in [5, 5.41) is -0.552. The van der Waals surface area contributed by atoms with Crippen LogP contribution in [-0.4, -0.2) is 39.6 Å². The molecule has 15 heavy (non-hydrogen) atoms. The molecule has 1 aliphatic rings. The Morgan fingerprint density at radius 1 is 1.20 bits per heavy atom. The van der Waals surface area contributed by atoms with Crippen LogP contribution in [0.1, 0.15) is 26.7 Å². The normalized spacial score (nSPS) is 23.1. The van der Waals surface area contributed by atoms with E-state index in [4.69, 9.17) is 0 Å². The quantitative estimate of drug-likeness (QED) is 0.763. The van der Waals surface area contributed by atoms with Gasteiger partial charge in [-0.2, -0.15) is 0 Å². The minimum atomic E-state index is -3.35. The van der Waals surface area contributed by atoms with Crippen LogP contribution >= 0.6 is 0 Å². The van der Waals surface area contributed by atoms with E-state index in [1.807, 2.05) is 0 Å². The molecule has 0 unspecified atom stereocenters. The van der Waals surface area contributed by atoms with Crippen molar-refractivity contribution in [1.82, 2.24) is 4.72 Å². The van der Waals surface area contributed by atoms with Crippen molar-refractivity contribution < 1.29 is 16.8 Å². The molecule has 0 saturated carbocycles. The standard InChI is InChI=1S/C8H17NO4S2/c1-7(2)9-15(12,13)8-3-5-14(10,11)6-4-8/h7-9H,3-6H2,1-2H3.